The molecule has 0 N–H and O–H groups in total. The Morgan fingerprint density at radius 3 is 3.00 bits per heavy atom. The Hall–Kier alpha value is -1.90. The number of hydrogen-bond acceptors (Lipinski definition) is 6. The number of nitrogens with zero attached hydrogens (tertiary/aromatic N) is 4. The highest BCUT2D eigenvalue weighted by atomic mass is 32.2. The summed E-state index contributed by atoms with van der Waals surface area (Å²) in [6, 6.07) is 7.67. The van der Waals surface area contributed by atoms with Crippen molar-refractivity contribution in [3.63, 3.8) is 0 Å². The van der Waals surface area contributed by atoms with Gasteiger partial charge in [0.05, 0.1) is 17.0 Å². The summed E-state index contributed by atoms with van der Waals surface area (Å²) in [6.07, 6.45) is 4.47. The maximum Gasteiger partial charge on any atom is 0.262 e. The largest absolute Gasteiger partial charge is 0.382 e. The summed E-state index contributed by atoms with van der Waals surface area (Å²) in [5.41, 5.74) is 0.819. The molecular weight excluding hydrogens is 376 g/mol. The molecular formula is C20H26N4O3S. The van der Waals surface area contributed by atoms with E-state index in [0.29, 0.717) is 30.9 Å². The van der Waals surface area contributed by atoms with E-state index in [0.717, 1.165) is 42.3 Å². The van der Waals surface area contributed by atoms with Gasteiger partial charge in [-0.3, -0.25) is 13.8 Å². The molecule has 0 amide bonds. The minimum atomic E-state index is -0.0286. The summed E-state index contributed by atoms with van der Waals surface area (Å²) < 4.78 is 15.0. The molecule has 2 aromatic heterocycles. The van der Waals surface area contributed by atoms with Crippen molar-refractivity contribution in [2.45, 2.75) is 50.4 Å². The highest BCUT2D eigenvalue weighted by molar-refractivity contribution is 7.99. The third-order valence-corrected chi connectivity index (χ3v) is 6.09. The van der Waals surface area contributed by atoms with Gasteiger partial charge in [0.15, 0.2) is 5.16 Å². The van der Waals surface area contributed by atoms with Gasteiger partial charge in [0.25, 0.3) is 5.56 Å². The first kappa shape index (κ1) is 19.4. The van der Waals surface area contributed by atoms with Crippen molar-refractivity contribution in [3.05, 3.63) is 34.6 Å². The van der Waals surface area contributed by atoms with Crippen LogP contribution < -0.4 is 5.56 Å². The maximum absolute atomic E-state index is 13.0. The SMILES string of the molecule is CCOCCCn1c(=O)c2ccccc2n2c(SCC3CCCCO3)nnc12. The molecule has 1 fully saturated rings. The number of benzene rings is 1. The monoisotopic (exact) mass is 402 g/mol. The zero-order valence-electron chi connectivity index (χ0n) is 16.2. The molecule has 0 radical (unpaired) electrons. The van der Waals surface area contributed by atoms with E-state index in [1.807, 2.05) is 35.6 Å². The van der Waals surface area contributed by atoms with Gasteiger partial charge in [0, 0.05) is 32.1 Å². The van der Waals surface area contributed by atoms with Gasteiger partial charge in [0.2, 0.25) is 5.78 Å². The number of ether oxygens (including phenoxy) is 2. The molecule has 3 aromatic rings. The first-order valence-corrected chi connectivity index (χ1v) is 11.0. The van der Waals surface area contributed by atoms with E-state index in [1.54, 1.807) is 16.3 Å². The summed E-state index contributed by atoms with van der Waals surface area (Å²) in [5.74, 6) is 1.44. The Labute approximate surface area is 168 Å². The molecule has 150 valence electrons. The van der Waals surface area contributed by atoms with Crippen molar-refractivity contribution in [3.8, 4) is 0 Å². The van der Waals surface area contributed by atoms with Crippen LogP contribution in [0.2, 0.25) is 0 Å². The van der Waals surface area contributed by atoms with Crippen molar-refractivity contribution in [2.75, 3.05) is 25.6 Å². The summed E-state index contributed by atoms with van der Waals surface area (Å²) in [7, 11) is 0. The summed E-state index contributed by atoms with van der Waals surface area (Å²) >= 11 is 1.65. The predicted octanol–water partition coefficient (Wildman–Crippen LogP) is 3.13. The van der Waals surface area contributed by atoms with Gasteiger partial charge < -0.3 is 9.47 Å². The van der Waals surface area contributed by atoms with Gasteiger partial charge in [-0.05, 0) is 44.7 Å². The van der Waals surface area contributed by atoms with Crippen LogP contribution in [0.3, 0.4) is 0 Å². The molecule has 1 aliphatic heterocycles. The molecule has 28 heavy (non-hydrogen) atoms. The number of rotatable bonds is 8. The van der Waals surface area contributed by atoms with Gasteiger partial charge >= 0.3 is 0 Å². The number of aryl methyl sites for hydroxylation is 1. The number of hydrogen-bond donors (Lipinski definition) is 0. The van der Waals surface area contributed by atoms with E-state index in [4.69, 9.17) is 9.47 Å². The maximum atomic E-state index is 13.0. The minimum Gasteiger partial charge on any atom is -0.382 e. The fraction of sp³-hybridized carbons (Fsp3) is 0.550. The molecule has 7 nitrogen and oxygen atoms in total. The van der Waals surface area contributed by atoms with Gasteiger partial charge in [-0.15, -0.1) is 10.2 Å². The highest BCUT2D eigenvalue weighted by Crippen LogP contribution is 2.25. The number of aromatic nitrogens is 4. The van der Waals surface area contributed by atoms with Gasteiger partial charge in [-0.1, -0.05) is 23.9 Å². The van der Waals surface area contributed by atoms with E-state index < -0.39 is 0 Å². The second-order valence-electron chi connectivity index (χ2n) is 6.94. The lowest BCUT2D eigenvalue weighted by molar-refractivity contribution is 0.0315. The Bertz CT molecular complexity index is 994. The van der Waals surface area contributed by atoms with Crippen LogP contribution in [0.1, 0.15) is 32.6 Å². The fourth-order valence-electron chi connectivity index (χ4n) is 3.60. The van der Waals surface area contributed by atoms with E-state index in [-0.39, 0.29) is 11.7 Å². The second-order valence-corrected chi connectivity index (χ2v) is 7.93. The minimum absolute atomic E-state index is 0.0286. The van der Waals surface area contributed by atoms with Crippen LogP contribution in [-0.2, 0) is 16.0 Å². The molecule has 0 spiro atoms. The van der Waals surface area contributed by atoms with Crippen LogP contribution >= 0.6 is 11.8 Å². The molecule has 0 bridgehead atoms. The molecule has 0 aliphatic carbocycles. The average molecular weight is 403 g/mol. The van der Waals surface area contributed by atoms with Crippen LogP contribution in [0.4, 0.5) is 0 Å². The Kier molecular flexibility index (Phi) is 6.29. The number of thioether (sulfide) groups is 1. The molecule has 4 rings (SSSR count). The zero-order valence-corrected chi connectivity index (χ0v) is 17.0. The lowest BCUT2D eigenvalue weighted by atomic mass is 10.1. The Morgan fingerprint density at radius 2 is 2.18 bits per heavy atom. The molecule has 8 heteroatoms. The van der Waals surface area contributed by atoms with Crippen molar-refractivity contribution >= 4 is 28.4 Å². The average Bonchev–Trinajstić information content (AvgIpc) is 3.16. The summed E-state index contributed by atoms with van der Waals surface area (Å²) in [5, 5.41) is 10.3. The summed E-state index contributed by atoms with van der Waals surface area (Å²) in [6.45, 7) is 4.67. The van der Waals surface area contributed by atoms with Crippen LogP contribution in [0.15, 0.2) is 34.2 Å². The normalized spacial score (nSPS) is 17.5. The lowest BCUT2D eigenvalue weighted by Crippen LogP contribution is -2.24. The molecule has 1 aromatic carbocycles. The molecule has 1 aliphatic rings. The predicted molar refractivity (Wildman–Crippen MR) is 110 cm³/mol. The third-order valence-electron chi connectivity index (χ3n) is 5.03. The topological polar surface area (TPSA) is 70.7 Å². The molecule has 1 saturated heterocycles. The smallest absolute Gasteiger partial charge is 0.262 e. The zero-order chi connectivity index (χ0) is 19.3. The number of fused-ring (bicyclic) bond motifs is 3. The highest BCUT2D eigenvalue weighted by Gasteiger charge is 2.19. The lowest BCUT2D eigenvalue weighted by Gasteiger charge is -2.21. The van der Waals surface area contributed by atoms with Crippen LogP contribution in [0, 0.1) is 0 Å². The van der Waals surface area contributed by atoms with Crippen molar-refractivity contribution in [1.82, 2.24) is 19.2 Å². The molecule has 0 saturated carbocycles. The van der Waals surface area contributed by atoms with Crippen molar-refractivity contribution < 1.29 is 9.47 Å². The second kappa shape index (κ2) is 9.07. The van der Waals surface area contributed by atoms with Gasteiger partial charge in [0.1, 0.15) is 0 Å². The molecule has 3 heterocycles. The van der Waals surface area contributed by atoms with Crippen molar-refractivity contribution in [2.24, 2.45) is 0 Å². The Balaban J connectivity index is 1.69. The van der Waals surface area contributed by atoms with E-state index >= 15 is 0 Å². The van der Waals surface area contributed by atoms with E-state index in [2.05, 4.69) is 10.2 Å². The van der Waals surface area contributed by atoms with Crippen LogP contribution in [0.5, 0.6) is 0 Å². The van der Waals surface area contributed by atoms with E-state index in [1.165, 1.54) is 6.42 Å². The first-order valence-electron chi connectivity index (χ1n) is 9.98. The molecule has 1 atom stereocenters. The molecule has 1 unspecified atom stereocenters. The van der Waals surface area contributed by atoms with Crippen LogP contribution in [0.25, 0.3) is 16.7 Å². The Morgan fingerprint density at radius 1 is 1.29 bits per heavy atom. The summed E-state index contributed by atoms with van der Waals surface area (Å²) in [4.78, 5) is 13.0. The quantitative estimate of drug-likeness (QED) is 0.426. The number of para-hydroxylation sites is 1. The first-order chi connectivity index (χ1) is 13.8. The van der Waals surface area contributed by atoms with E-state index in [9.17, 15) is 4.79 Å². The standard InChI is InChI=1S/C20H26N4O3S/c1-2-26-12-7-11-23-18(25)16-9-3-4-10-17(16)24-19(23)21-22-20(24)28-14-15-8-5-6-13-27-15/h3-4,9-10,15H,2,5-8,11-14H2,1H3. The van der Waals surface area contributed by atoms with Crippen molar-refractivity contribution in [1.29, 1.82) is 0 Å². The fourth-order valence-corrected chi connectivity index (χ4v) is 4.61. The van der Waals surface area contributed by atoms with Gasteiger partial charge in [-0.25, -0.2) is 0 Å². The third kappa shape index (κ3) is 3.94. The van der Waals surface area contributed by atoms with Gasteiger partial charge in [-0.2, -0.15) is 0 Å². The van der Waals surface area contributed by atoms with Crippen LogP contribution in [-0.4, -0.2) is 50.8 Å².